The molecule has 0 saturated carbocycles. The summed E-state index contributed by atoms with van der Waals surface area (Å²) in [6.45, 7) is 0. The van der Waals surface area contributed by atoms with Crippen LogP contribution in [0.5, 0.6) is 0 Å². The number of benzene rings is 2. The van der Waals surface area contributed by atoms with Gasteiger partial charge in [0.2, 0.25) is 0 Å². The summed E-state index contributed by atoms with van der Waals surface area (Å²) in [7, 11) is -4.03. The fraction of sp³-hybridized carbons (Fsp3) is 0. The van der Waals surface area contributed by atoms with E-state index in [4.69, 9.17) is 28.9 Å². The molecule has 20 heavy (non-hydrogen) atoms. The number of anilines is 2. The Kier molecular flexibility index (Phi) is 4.08. The van der Waals surface area contributed by atoms with E-state index >= 15 is 0 Å². The lowest BCUT2D eigenvalue weighted by molar-refractivity contribution is 0.599. The molecule has 0 radical (unpaired) electrons. The number of nitrogen functional groups attached to an aromatic ring is 1. The summed E-state index contributed by atoms with van der Waals surface area (Å²) in [6, 6.07) is 7.45. The molecule has 2 rings (SSSR count). The molecular weight excluding hydrogens is 326 g/mol. The van der Waals surface area contributed by atoms with Crippen molar-refractivity contribution in [2.24, 2.45) is 0 Å². The summed E-state index contributed by atoms with van der Waals surface area (Å²) >= 11 is 11.4. The number of hydrogen-bond acceptors (Lipinski definition) is 3. The number of sulfonamides is 1. The van der Waals surface area contributed by atoms with Crippen LogP contribution in [0.15, 0.2) is 41.3 Å². The van der Waals surface area contributed by atoms with E-state index < -0.39 is 15.8 Å². The Morgan fingerprint density at radius 1 is 1.05 bits per heavy atom. The van der Waals surface area contributed by atoms with Crippen LogP contribution in [0.1, 0.15) is 0 Å². The summed E-state index contributed by atoms with van der Waals surface area (Å²) < 4.78 is 39.9. The Balaban J connectivity index is 2.43. The van der Waals surface area contributed by atoms with Crippen LogP contribution in [0, 0.1) is 5.82 Å². The van der Waals surface area contributed by atoms with Crippen molar-refractivity contribution in [2.45, 2.75) is 4.90 Å². The van der Waals surface area contributed by atoms with Gasteiger partial charge in [-0.25, -0.2) is 12.8 Å². The molecule has 106 valence electrons. The quantitative estimate of drug-likeness (QED) is 0.843. The van der Waals surface area contributed by atoms with Gasteiger partial charge in [-0.2, -0.15) is 0 Å². The average molecular weight is 335 g/mol. The van der Waals surface area contributed by atoms with E-state index in [2.05, 4.69) is 4.72 Å². The standard InChI is InChI=1S/C12H9Cl2FN2O2S/c13-7-2-4-12(10(16)5-7)20(18,19)17-11-6-8(14)1-3-9(11)15/h1-6,17H,16H2. The highest BCUT2D eigenvalue weighted by molar-refractivity contribution is 7.92. The lowest BCUT2D eigenvalue weighted by Crippen LogP contribution is -2.15. The second-order valence-electron chi connectivity index (χ2n) is 3.91. The van der Waals surface area contributed by atoms with Crippen molar-refractivity contribution in [3.63, 3.8) is 0 Å². The van der Waals surface area contributed by atoms with Gasteiger partial charge in [0.25, 0.3) is 10.0 Å². The van der Waals surface area contributed by atoms with Crippen molar-refractivity contribution in [1.82, 2.24) is 0 Å². The van der Waals surface area contributed by atoms with E-state index in [0.29, 0.717) is 5.02 Å². The Morgan fingerprint density at radius 2 is 1.65 bits per heavy atom. The molecule has 0 aliphatic heterocycles. The number of rotatable bonds is 3. The zero-order valence-electron chi connectivity index (χ0n) is 9.90. The maximum absolute atomic E-state index is 13.5. The molecule has 0 aromatic heterocycles. The third-order valence-electron chi connectivity index (χ3n) is 2.43. The number of halogens is 3. The summed E-state index contributed by atoms with van der Waals surface area (Å²) in [4.78, 5) is -0.193. The first-order valence-electron chi connectivity index (χ1n) is 5.32. The topological polar surface area (TPSA) is 72.2 Å². The van der Waals surface area contributed by atoms with E-state index in [1.807, 2.05) is 0 Å². The SMILES string of the molecule is Nc1cc(Cl)ccc1S(=O)(=O)Nc1cc(Cl)ccc1F. The van der Waals surface area contributed by atoms with Gasteiger partial charge >= 0.3 is 0 Å². The van der Waals surface area contributed by atoms with Crippen LogP contribution in [-0.4, -0.2) is 8.42 Å². The molecule has 0 aliphatic rings. The zero-order valence-corrected chi connectivity index (χ0v) is 12.2. The second-order valence-corrected chi connectivity index (χ2v) is 6.44. The molecule has 0 bridgehead atoms. The van der Waals surface area contributed by atoms with Gasteiger partial charge in [0, 0.05) is 10.0 Å². The highest BCUT2D eigenvalue weighted by atomic mass is 35.5. The van der Waals surface area contributed by atoms with Gasteiger partial charge in [0.05, 0.1) is 11.4 Å². The van der Waals surface area contributed by atoms with E-state index in [-0.39, 0.29) is 21.3 Å². The van der Waals surface area contributed by atoms with E-state index in [1.165, 1.54) is 30.3 Å². The van der Waals surface area contributed by atoms with Gasteiger partial charge in [-0.3, -0.25) is 4.72 Å². The van der Waals surface area contributed by atoms with Crippen molar-refractivity contribution in [1.29, 1.82) is 0 Å². The van der Waals surface area contributed by atoms with Crippen LogP contribution in [0.25, 0.3) is 0 Å². The Labute approximate surface area is 125 Å². The van der Waals surface area contributed by atoms with Crippen LogP contribution in [-0.2, 0) is 10.0 Å². The predicted molar refractivity (Wildman–Crippen MR) is 78.1 cm³/mol. The minimum atomic E-state index is -4.03. The summed E-state index contributed by atoms with van der Waals surface area (Å²) in [5, 5.41) is 0.503. The molecule has 0 amide bonds. The molecule has 0 saturated heterocycles. The molecule has 4 nitrogen and oxygen atoms in total. The first-order chi connectivity index (χ1) is 9.29. The van der Waals surface area contributed by atoms with Crippen molar-refractivity contribution in [2.75, 3.05) is 10.5 Å². The molecule has 2 aromatic rings. The largest absolute Gasteiger partial charge is 0.398 e. The van der Waals surface area contributed by atoms with E-state index in [0.717, 1.165) is 6.07 Å². The fourth-order valence-corrected chi connectivity index (χ4v) is 3.06. The van der Waals surface area contributed by atoms with Crippen molar-refractivity contribution < 1.29 is 12.8 Å². The number of hydrogen-bond donors (Lipinski definition) is 2. The summed E-state index contributed by atoms with van der Waals surface area (Å²) in [5.41, 5.74) is 5.31. The van der Waals surface area contributed by atoms with Gasteiger partial charge in [-0.05, 0) is 36.4 Å². The van der Waals surface area contributed by atoms with Gasteiger partial charge in [0.1, 0.15) is 10.7 Å². The Bertz CT molecular complexity index is 766. The lowest BCUT2D eigenvalue weighted by atomic mass is 10.3. The van der Waals surface area contributed by atoms with Crippen LogP contribution in [0.3, 0.4) is 0 Å². The molecule has 0 aliphatic carbocycles. The average Bonchev–Trinajstić information content (AvgIpc) is 2.33. The van der Waals surface area contributed by atoms with Gasteiger partial charge < -0.3 is 5.73 Å². The minimum Gasteiger partial charge on any atom is -0.398 e. The Morgan fingerprint density at radius 3 is 2.30 bits per heavy atom. The molecule has 8 heteroatoms. The molecular formula is C12H9Cl2FN2O2S. The smallest absolute Gasteiger partial charge is 0.264 e. The van der Waals surface area contributed by atoms with Gasteiger partial charge in [0.15, 0.2) is 0 Å². The Hall–Kier alpha value is -1.50. The summed E-state index contributed by atoms with van der Waals surface area (Å²) in [5.74, 6) is -0.745. The zero-order chi connectivity index (χ0) is 14.9. The van der Waals surface area contributed by atoms with E-state index in [9.17, 15) is 12.8 Å². The molecule has 3 N–H and O–H groups in total. The first kappa shape index (κ1) is 14.9. The van der Waals surface area contributed by atoms with Crippen molar-refractivity contribution >= 4 is 44.6 Å². The number of nitrogens with two attached hydrogens (primary N) is 1. The van der Waals surface area contributed by atoms with Crippen LogP contribution in [0.2, 0.25) is 10.0 Å². The highest BCUT2D eigenvalue weighted by Crippen LogP contribution is 2.26. The second kappa shape index (κ2) is 5.47. The molecule has 0 atom stereocenters. The van der Waals surface area contributed by atoms with Crippen molar-refractivity contribution in [3.8, 4) is 0 Å². The third-order valence-corrected chi connectivity index (χ3v) is 4.34. The highest BCUT2D eigenvalue weighted by Gasteiger charge is 2.19. The van der Waals surface area contributed by atoms with Gasteiger partial charge in [-0.15, -0.1) is 0 Å². The van der Waals surface area contributed by atoms with Crippen LogP contribution < -0.4 is 10.5 Å². The van der Waals surface area contributed by atoms with Gasteiger partial charge in [-0.1, -0.05) is 23.2 Å². The normalized spacial score (nSPS) is 11.3. The lowest BCUT2D eigenvalue weighted by Gasteiger charge is -2.11. The third kappa shape index (κ3) is 3.15. The molecule has 0 heterocycles. The van der Waals surface area contributed by atoms with Crippen LogP contribution >= 0.6 is 23.2 Å². The predicted octanol–water partition coefficient (Wildman–Crippen LogP) is 3.52. The van der Waals surface area contributed by atoms with Crippen LogP contribution in [0.4, 0.5) is 15.8 Å². The molecule has 0 unspecified atom stereocenters. The maximum atomic E-state index is 13.5. The fourth-order valence-electron chi connectivity index (χ4n) is 1.54. The van der Waals surface area contributed by atoms with E-state index in [1.54, 1.807) is 0 Å². The molecule has 0 spiro atoms. The first-order valence-corrected chi connectivity index (χ1v) is 7.56. The molecule has 0 fully saturated rings. The van der Waals surface area contributed by atoms with Crippen molar-refractivity contribution in [3.05, 3.63) is 52.3 Å². The maximum Gasteiger partial charge on any atom is 0.264 e. The molecule has 2 aromatic carbocycles. The number of nitrogens with one attached hydrogen (secondary N) is 1. The summed E-state index contributed by atoms with van der Waals surface area (Å²) in [6.07, 6.45) is 0. The minimum absolute atomic E-state index is 0.0348. The monoisotopic (exact) mass is 334 g/mol.